The van der Waals surface area contributed by atoms with Crippen LogP contribution in [0, 0.1) is 0 Å². The number of carbonyl (C=O) groups is 2. The van der Waals surface area contributed by atoms with Crippen molar-refractivity contribution >= 4 is 11.6 Å². The number of fused-ring (bicyclic) bond motifs is 2. The van der Waals surface area contributed by atoms with Crippen molar-refractivity contribution in [3.63, 3.8) is 0 Å². The maximum Gasteiger partial charge on any atom is 0.198 e. The van der Waals surface area contributed by atoms with E-state index in [0.717, 1.165) is 6.07 Å². The monoisotopic (exact) mass is 300 g/mol. The zero-order valence-corrected chi connectivity index (χ0v) is 11.6. The number of aliphatic hydroxyl groups excluding tert-OH is 1. The Labute approximate surface area is 125 Å². The van der Waals surface area contributed by atoms with E-state index in [-0.39, 0.29) is 27.8 Å². The smallest absolute Gasteiger partial charge is 0.198 e. The average Bonchev–Trinajstić information content (AvgIpc) is 2.52. The van der Waals surface area contributed by atoms with Crippen LogP contribution in [0.25, 0.3) is 0 Å². The van der Waals surface area contributed by atoms with Gasteiger partial charge >= 0.3 is 0 Å². The van der Waals surface area contributed by atoms with Crippen molar-refractivity contribution in [2.45, 2.75) is 6.61 Å². The Morgan fingerprint density at radius 2 is 1.73 bits per heavy atom. The first-order chi connectivity index (χ1) is 10.5. The Morgan fingerprint density at radius 1 is 1.00 bits per heavy atom. The number of carbonyl (C=O) groups excluding carboxylic acids is 2. The van der Waals surface area contributed by atoms with E-state index in [1.54, 1.807) is 6.07 Å². The van der Waals surface area contributed by atoms with Crippen LogP contribution in [0.4, 0.5) is 0 Å². The summed E-state index contributed by atoms with van der Waals surface area (Å²) in [6.45, 7) is -0.651. The molecule has 3 rings (SSSR count). The van der Waals surface area contributed by atoms with E-state index in [2.05, 4.69) is 0 Å². The van der Waals surface area contributed by atoms with Crippen LogP contribution in [0.5, 0.6) is 17.2 Å². The second-order valence-electron chi connectivity index (χ2n) is 4.87. The number of hydrogen-bond donors (Lipinski definition) is 3. The number of aliphatic hydroxyl groups is 1. The van der Waals surface area contributed by atoms with Crippen LogP contribution in [0.2, 0.25) is 0 Å². The van der Waals surface area contributed by atoms with E-state index >= 15 is 0 Å². The van der Waals surface area contributed by atoms with Crippen molar-refractivity contribution < 1.29 is 29.6 Å². The molecule has 3 N–H and O–H groups in total. The molecular formula is C16H12O6. The molecule has 6 nitrogen and oxygen atoms in total. The third-order valence-electron chi connectivity index (χ3n) is 3.73. The van der Waals surface area contributed by atoms with E-state index in [4.69, 9.17) is 4.74 Å². The van der Waals surface area contributed by atoms with Gasteiger partial charge in [-0.2, -0.15) is 0 Å². The Bertz CT molecular complexity index is 822. The van der Waals surface area contributed by atoms with Gasteiger partial charge in [0, 0.05) is 16.7 Å². The minimum Gasteiger partial charge on any atom is -0.507 e. The molecular weight excluding hydrogens is 288 g/mol. The maximum absolute atomic E-state index is 12.5. The highest BCUT2D eigenvalue weighted by molar-refractivity contribution is 6.29. The van der Waals surface area contributed by atoms with Gasteiger partial charge in [-0.15, -0.1) is 0 Å². The number of ether oxygens (including phenoxy) is 1. The van der Waals surface area contributed by atoms with Crippen LogP contribution in [0.15, 0.2) is 24.3 Å². The van der Waals surface area contributed by atoms with Crippen molar-refractivity contribution in [2.75, 3.05) is 7.11 Å². The van der Waals surface area contributed by atoms with Gasteiger partial charge in [-0.05, 0) is 24.3 Å². The summed E-state index contributed by atoms with van der Waals surface area (Å²) in [6, 6.07) is 5.51. The lowest BCUT2D eigenvalue weighted by Gasteiger charge is -2.20. The summed E-state index contributed by atoms with van der Waals surface area (Å²) in [5.41, 5.74) is -0.199. The van der Waals surface area contributed by atoms with Crippen molar-refractivity contribution in [1.29, 1.82) is 0 Å². The predicted molar refractivity (Wildman–Crippen MR) is 75.6 cm³/mol. The number of phenols is 2. The van der Waals surface area contributed by atoms with Gasteiger partial charge in [-0.1, -0.05) is 0 Å². The number of ketones is 2. The first-order valence-corrected chi connectivity index (χ1v) is 6.45. The van der Waals surface area contributed by atoms with Crippen LogP contribution in [-0.4, -0.2) is 34.0 Å². The Hall–Kier alpha value is -2.86. The summed E-state index contributed by atoms with van der Waals surface area (Å²) in [6.07, 6.45) is 0. The summed E-state index contributed by atoms with van der Waals surface area (Å²) in [5, 5.41) is 29.1. The topological polar surface area (TPSA) is 104 Å². The molecule has 0 atom stereocenters. The lowest BCUT2D eigenvalue weighted by Crippen LogP contribution is -2.21. The van der Waals surface area contributed by atoms with Crippen molar-refractivity contribution in [3.05, 3.63) is 52.1 Å². The number of aromatic hydroxyl groups is 2. The lowest BCUT2D eigenvalue weighted by molar-refractivity contribution is 0.0975. The van der Waals surface area contributed by atoms with Gasteiger partial charge in [0.15, 0.2) is 11.6 Å². The van der Waals surface area contributed by atoms with Crippen molar-refractivity contribution in [3.8, 4) is 17.2 Å². The lowest BCUT2D eigenvalue weighted by atomic mass is 9.82. The summed E-state index contributed by atoms with van der Waals surface area (Å²) in [5.74, 6) is -1.63. The molecule has 0 saturated heterocycles. The molecule has 0 bridgehead atoms. The fraction of sp³-hybridized carbons (Fsp3) is 0.125. The number of benzene rings is 2. The van der Waals surface area contributed by atoms with Gasteiger partial charge in [0.25, 0.3) is 0 Å². The zero-order chi connectivity index (χ0) is 16.0. The van der Waals surface area contributed by atoms with E-state index in [9.17, 15) is 24.9 Å². The number of methoxy groups -OCH3 is 1. The van der Waals surface area contributed by atoms with Gasteiger partial charge in [0.05, 0.1) is 24.8 Å². The van der Waals surface area contributed by atoms with E-state index in [0.29, 0.717) is 5.75 Å². The standard InChI is InChI=1S/C16H12O6/c1-22-7-2-3-8-9(4-7)14(19)10-5-12(18)11(6-17)16(21)13(10)15(8)20/h2-5,17-18,21H,6H2,1H3. The highest BCUT2D eigenvalue weighted by Crippen LogP contribution is 2.40. The van der Waals surface area contributed by atoms with Crippen LogP contribution in [0.3, 0.4) is 0 Å². The fourth-order valence-electron chi connectivity index (χ4n) is 2.58. The highest BCUT2D eigenvalue weighted by Gasteiger charge is 2.34. The second-order valence-corrected chi connectivity index (χ2v) is 4.87. The predicted octanol–water partition coefficient (Wildman–Crippen LogP) is 1.37. The third-order valence-corrected chi connectivity index (χ3v) is 3.73. The van der Waals surface area contributed by atoms with Crippen molar-refractivity contribution in [1.82, 2.24) is 0 Å². The van der Waals surface area contributed by atoms with Crippen LogP contribution >= 0.6 is 0 Å². The van der Waals surface area contributed by atoms with Crippen LogP contribution < -0.4 is 4.74 Å². The molecule has 1 aliphatic carbocycles. The molecule has 0 aromatic heterocycles. The number of rotatable bonds is 2. The molecule has 0 unspecified atom stereocenters. The van der Waals surface area contributed by atoms with Gasteiger partial charge in [-0.25, -0.2) is 0 Å². The molecule has 0 amide bonds. The minimum absolute atomic E-state index is 0.0991. The van der Waals surface area contributed by atoms with Crippen molar-refractivity contribution in [2.24, 2.45) is 0 Å². The maximum atomic E-state index is 12.5. The summed E-state index contributed by atoms with van der Waals surface area (Å²) in [7, 11) is 1.44. The average molecular weight is 300 g/mol. The quantitative estimate of drug-likeness (QED) is 0.660. The molecule has 0 radical (unpaired) electrons. The molecule has 2 aromatic rings. The summed E-state index contributed by atoms with van der Waals surface area (Å²) < 4.78 is 5.04. The van der Waals surface area contributed by atoms with Gasteiger partial charge in [0.2, 0.25) is 0 Å². The second kappa shape index (κ2) is 4.85. The fourth-order valence-corrected chi connectivity index (χ4v) is 2.58. The SMILES string of the molecule is COc1ccc2c(c1)C(=O)c1cc(O)c(CO)c(O)c1C2=O. The molecule has 0 fully saturated rings. The number of hydrogen-bond acceptors (Lipinski definition) is 6. The first kappa shape index (κ1) is 14.1. The molecule has 22 heavy (non-hydrogen) atoms. The minimum atomic E-state index is -0.651. The molecule has 0 heterocycles. The highest BCUT2D eigenvalue weighted by atomic mass is 16.5. The molecule has 0 aliphatic heterocycles. The Balaban J connectivity index is 2.31. The summed E-state index contributed by atoms with van der Waals surface area (Å²) >= 11 is 0. The normalized spacial score (nSPS) is 12.8. The van der Waals surface area contributed by atoms with Gasteiger partial charge < -0.3 is 20.1 Å². The molecule has 6 heteroatoms. The first-order valence-electron chi connectivity index (χ1n) is 6.45. The summed E-state index contributed by atoms with van der Waals surface area (Å²) in [4.78, 5) is 25.1. The Morgan fingerprint density at radius 3 is 2.36 bits per heavy atom. The Kier molecular flexibility index (Phi) is 3.11. The van der Waals surface area contributed by atoms with E-state index in [1.807, 2.05) is 0 Å². The van der Waals surface area contributed by atoms with E-state index in [1.165, 1.54) is 19.2 Å². The van der Waals surface area contributed by atoms with Gasteiger partial charge in [0.1, 0.15) is 17.2 Å². The molecule has 1 aliphatic rings. The molecule has 0 spiro atoms. The molecule has 2 aromatic carbocycles. The molecule has 112 valence electrons. The largest absolute Gasteiger partial charge is 0.507 e. The van der Waals surface area contributed by atoms with Crippen LogP contribution in [-0.2, 0) is 6.61 Å². The van der Waals surface area contributed by atoms with E-state index < -0.39 is 29.7 Å². The molecule has 0 saturated carbocycles. The zero-order valence-electron chi connectivity index (χ0n) is 11.6. The third kappa shape index (κ3) is 1.78. The van der Waals surface area contributed by atoms with Crippen LogP contribution in [0.1, 0.15) is 37.4 Å². The van der Waals surface area contributed by atoms with Gasteiger partial charge in [-0.3, -0.25) is 9.59 Å².